The van der Waals surface area contributed by atoms with Gasteiger partial charge in [0, 0.05) is 26.3 Å². The SMILES string of the molecule is Cc1nn(C)c(N(C)C2CCOC2)c1CCN. The Labute approximate surface area is 103 Å². The second-order valence-electron chi connectivity index (χ2n) is 4.68. The highest BCUT2D eigenvalue weighted by Crippen LogP contribution is 2.26. The topological polar surface area (TPSA) is 56.3 Å². The molecule has 0 saturated carbocycles. The van der Waals surface area contributed by atoms with Gasteiger partial charge in [0.2, 0.25) is 0 Å². The molecule has 1 aliphatic rings. The van der Waals surface area contributed by atoms with Crippen molar-refractivity contribution in [1.82, 2.24) is 9.78 Å². The van der Waals surface area contributed by atoms with Crippen LogP contribution in [0.4, 0.5) is 5.82 Å². The van der Waals surface area contributed by atoms with Gasteiger partial charge in [-0.1, -0.05) is 0 Å². The average molecular weight is 238 g/mol. The molecule has 1 unspecified atom stereocenters. The van der Waals surface area contributed by atoms with Gasteiger partial charge < -0.3 is 15.4 Å². The van der Waals surface area contributed by atoms with Crippen molar-refractivity contribution in [2.75, 3.05) is 31.7 Å². The van der Waals surface area contributed by atoms with Crippen LogP contribution in [0.2, 0.25) is 0 Å². The molecule has 0 radical (unpaired) electrons. The van der Waals surface area contributed by atoms with E-state index in [2.05, 4.69) is 17.0 Å². The highest BCUT2D eigenvalue weighted by atomic mass is 16.5. The second-order valence-corrected chi connectivity index (χ2v) is 4.68. The molecule has 1 atom stereocenters. The van der Waals surface area contributed by atoms with Crippen LogP contribution in [0.15, 0.2) is 0 Å². The fourth-order valence-electron chi connectivity index (χ4n) is 2.57. The van der Waals surface area contributed by atoms with E-state index in [-0.39, 0.29) is 0 Å². The van der Waals surface area contributed by atoms with E-state index in [0.717, 1.165) is 31.7 Å². The molecule has 0 bridgehead atoms. The Balaban J connectivity index is 2.28. The highest BCUT2D eigenvalue weighted by molar-refractivity contribution is 5.50. The number of anilines is 1. The maximum Gasteiger partial charge on any atom is 0.130 e. The molecule has 1 fully saturated rings. The molecular formula is C12H22N4O. The van der Waals surface area contributed by atoms with E-state index in [9.17, 15) is 0 Å². The number of aryl methyl sites for hydroxylation is 2. The van der Waals surface area contributed by atoms with E-state index in [4.69, 9.17) is 10.5 Å². The summed E-state index contributed by atoms with van der Waals surface area (Å²) < 4.78 is 7.41. The van der Waals surface area contributed by atoms with Crippen molar-refractivity contribution in [3.05, 3.63) is 11.3 Å². The van der Waals surface area contributed by atoms with Gasteiger partial charge in [0.15, 0.2) is 0 Å². The molecule has 1 aliphatic heterocycles. The summed E-state index contributed by atoms with van der Waals surface area (Å²) in [5, 5.41) is 4.50. The van der Waals surface area contributed by atoms with E-state index in [1.54, 1.807) is 0 Å². The van der Waals surface area contributed by atoms with Crippen LogP contribution in [-0.4, -0.2) is 42.6 Å². The smallest absolute Gasteiger partial charge is 0.130 e. The Morgan fingerprint density at radius 2 is 2.35 bits per heavy atom. The van der Waals surface area contributed by atoms with Gasteiger partial charge in [-0.2, -0.15) is 5.10 Å². The van der Waals surface area contributed by atoms with E-state index < -0.39 is 0 Å². The molecule has 0 amide bonds. The number of nitrogens with two attached hydrogens (primary N) is 1. The standard InChI is InChI=1S/C12H22N4O/c1-9-11(4-6-13)12(16(3)14-9)15(2)10-5-7-17-8-10/h10H,4-8,13H2,1-3H3. The van der Waals surface area contributed by atoms with Gasteiger partial charge in [-0.25, -0.2) is 0 Å². The molecule has 0 aromatic carbocycles. The van der Waals surface area contributed by atoms with Crippen LogP contribution in [0, 0.1) is 6.92 Å². The summed E-state index contributed by atoms with van der Waals surface area (Å²) in [4.78, 5) is 2.29. The summed E-state index contributed by atoms with van der Waals surface area (Å²) >= 11 is 0. The Hall–Kier alpha value is -1.07. The summed E-state index contributed by atoms with van der Waals surface area (Å²) in [6.07, 6.45) is 1.97. The Bertz CT molecular complexity index is 382. The van der Waals surface area contributed by atoms with E-state index in [1.165, 1.54) is 11.4 Å². The van der Waals surface area contributed by atoms with Crippen LogP contribution in [0.1, 0.15) is 17.7 Å². The molecule has 5 heteroatoms. The van der Waals surface area contributed by atoms with Gasteiger partial charge in [-0.15, -0.1) is 0 Å². The van der Waals surface area contributed by atoms with Crippen molar-refractivity contribution in [3.63, 3.8) is 0 Å². The lowest BCUT2D eigenvalue weighted by atomic mass is 10.1. The predicted octanol–water partition coefficient (Wildman–Crippen LogP) is 0.455. The van der Waals surface area contributed by atoms with Crippen molar-refractivity contribution in [1.29, 1.82) is 0 Å². The molecule has 1 aromatic heterocycles. The number of hydrogen-bond donors (Lipinski definition) is 1. The molecule has 2 heterocycles. The third-order valence-electron chi connectivity index (χ3n) is 3.49. The molecule has 0 spiro atoms. The van der Waals surface area contributed by atoms with E-state index in [0.29, 0.717) is 12.6 Å². The second kappa shape index (κ2) is 5.06. The van der Waals surface area contributed by atoms with Crippen LogP contribution in [0.3, 0.4) is 0 Å². The lowest BCUT2D eigenvalue weighted by molar-refractivity contribution is 0.193. The molecule has 17 heavy (non-hydrogen) atoms. The fourth-order valence-corrected chi connectivity index (χ4v) is 2.57. The minimum Gasteiger partial charge on any atom is -0.379 e. The molecule has 1 aromatic rings. The number of nitrogens with zero attached hydrogens (tertiary/aromatic N) is 3. The molecule has 96 valence electrons. The first-order valence-corrected chi connectivity index (χ1v) is 6.18. The van der Waals surface area contributed by atoms with Crippen LogP contribution in [0.25, 0.3) is 0 Å². The first-order chi connectivity index (χ1) is 8.15. The van der Waals surface area contributed by atoms with E-state index in [1.807, 2.05) is 18.7 Å². The third kappa shape index (κ3) is 2.30. The number of aromatic nitrogens is 2. The monoisotopic (exact) mass is 238 g/mol. The zero-order valence-corrected chi connectivity index (χ0v) is 10.9. The molecule has 2 N–H and O–H groups in total. The molecule has 0 aliphatic carbocycles. The zero-order chi connectivity index (χ0) is 12.4. The third-order valence-corrected chi connectivity index (χ3v) is 3.49. The van der Waals surface area contributed by atoms with Gasteiger partial charge in [0.25, 0.3) is 0 Å². The maximum absolute atomic E-state index is 5.68. The van der Waals surface area contributed by atoms with Crippen molar-refractivity contribution >= 4 is 5.82 Å². The first-order valence-electron chi connectivity index (χ1n) is 6.18. The van der Waals surface area contributed by atoms with Gasteiger partial charge in [0.1, 0.15) is 5.82 Å². The largest absolute Gasteiger partial charge is 0.379 e. The predicted molar refractivity (Wildman–Crippen MR) is 68.3 cm³/mol. The van der Waals surface area contributed by atoms with Crippen LogP contribution in [-0.2, 0) is 18.2 Å². The Morgan fingerprint density at radius 1 is 1.59 bits per heavy atom. The summed E-state index contributed by atoms with van der Waals surface area (Å²) in [7, 11) is 4.12. The van der Waals surface area contributed by atoms with Crippen molar-refractivity contribution in [2.45, 2.75) is 25.8 Å². The number of hydrogen-bond acceptors (Lipinski definition) is 4. The van der Waals surface area contributed by atoms with Gasteiger partial charge in [0.05, 0.1) is 18.3 Å². The van der Waals surface area contributed by atoms with Gasteiger partial charge in [-0.3, -0.25) is 4.68 Å². The lowest BCUT2D eigenvalue weighted by Crippen LogP contribution is -2.34. The normalized spacial score (nSPS) is 19.9. The summed E-state index contributed by atoms with van der Waals surface area (Å²) in [6.45, 7) is 4.38. The fraction of sp³-hybridized carbons (Fsp3) is 0.750. The molecular weight excluding hydrogens is 216 g/mol. The number of ether oxygens (including phenoxy) is 1. The van der Waals surface area contributed by atoms with Crippen molar-refractivity contribution in [2.24, 2.45) is 12.8 Å². The van der Waals surface area contributed by atoms with Crippen LogP contribution in [0.5, 0.6) is 0 Å². The minimum atomic E-state index is 0.460. The minimum absolute atomic E-state index is 0.460. The number of rotatable bonds is 4. The summed E-state index contributed by atoms with van der Waals surface area (Å²) in [5.74, 6) is 1.18. The molecule has 2 rings (SSSR count). The Morgan fingerprint density at radius 3 is 2.94 bits per heavy atom. The maximum atomic E-state index is 5.68. The quantitative estimate of drug-likeness (QED) is 0.827. The van der Waals surface area contributed by atoms with Gasteiger partial charge >= 0.3 is 0 Å². The first kappa shape index (κ1) is 12.4. The highest BCUT2D eigenvalue weighted by Gasteiger charge is 2.25. The van der Waals surface area contributed by atoms with Crippen molar-refractivity contribution < 1.29 is 4.74 Å². The average Bonchev–Trinajstić information content (AvgIpc) is 2.88. The Kier molecular flexibility index (Phi) is 3.69. The molecule has 1 saturated heterocycles. The van der Waals surface area contributed by atoms with Crippen LogP contribution >= 0.6 is 0 Å². The lowest BCUT2D eigenvalue weighted by Gasteiger charge is -2.26. The van der Waals surface area contributed by atoms with Crippen LogP contribution < -0.4 is 10.6 Å². The summed E-state index contributed by atoms with van der Waals surface area (Å²) in [6, 6.07) is 0.460. The zero-order valence-electron chi connectivity index (χ0n) is 10.9. The number of likely N-dealkylation sites (N-methyl/N-ethyl adjacent to an activating group) is 1. The molecule has 5 nitrogen and oxygen atoms in total. The van der Waals surface area contributed by atoms with Crippen molar-refractivity contribution in [3.8, 4) is 0 Å². The summed E-state index contributed by atoms with van der Waals surface area (Å²) in [5.41, 5.74) is 8.03. The van der Waals surface area contributed by atoms with Gasteiger partial charge in [-0.05, 0) is 26.3 Å². The van der Waals surface area contributed by atoms with E-state index >= 15 is 0 Å².